The van der Waals surface area contributed by atoms with E-state index in [0.717, 1.165) is 12.2 Å². The number of rotatable bonds is 5. The van der Waals surface area contributed by atoms with Gasteiger partial charge in [-0.2, -0.15) is 0 Å². The Morgan fingerprint density at radius 3 is 2.30 bits per heavy atom. The maximum absolute atomic E-state index is 5.21. The van der Waals surface area contributed by atoms with Crippen LogP contribution in [0.25, 0.3) is 0 Å². The predicted molar refractivity (Wildman–Crippen MR) is 85.9 cm³/mol. The summed E-state index contributed by atoms with van der Waals surface area (Å²) in [4.78, 5) is 4.24. The lowest BCUT2D eigenvalue weighted by Gasteiger charge is -2.23. The Balaban J connectivity index is 0.00000200. The molecular formula is C17H22ClNO. The van der Waals surface area contributed by atoms with Gasteiger partial charge in [0.05, 0.1) is 7.11 Å². The third-order valence-electron chi connectivity index (χ3n) is 3.80. The molecule has 1 aromatic heterocycles. The zero-order valence-electron chi connectivity index (χ0n) is 12.2. The molecule has 0 bridgehead atoms. The number of benzene rings is 1. The van der Waals surface area contributed by atoms with Crippen LogP contribution in [0.5, 0.6) is 5.75 Å². The maximum atomic E-state index is 5.21. The molecule has 0 aliphatic rings. The van der Waals surface area contributed by atoms with Crippen LogP contribution in [0.3, 0.4) is 0 Å². The fourth-order valence-corrected chi connectivity index (χ4v) is 2.61. The molecule has 0 aliphatic heterocycles. The summed E-state index contributed by atoms with van der Waals surface area (Å²) in [7, 11) is 1.70. The number of pyridine rings is 1. The normalized spacial score (nSPS) is 13.2. The monoisotopic (exact) mass is 291 g/mol. The number of nitrogens with zero attached hydrogens (tertiary/aromatic N) is 1. The van der Waals surface area contributed by atoms with Gasteiger partial charge in [0.15, 0.2) is 0 Å². The number of hydrogen-bond donors (Lipinski definition) is 0. The van der Waals surface area contributed by atoms with Crippen LogP contribution in [0.2, 0.25) is 0 Å². The highest BCUT2D eigenvalue weighted by Crippen LogP contribution is 2.35. The average Bonchev–Trinajstić information content (AvgIpc) is 2.49. The minimum Gasteiger partial charge on any atom is -0.497 e. The van der Waals surface area contributed by atoms with Crippen molar-refractivity contribution >= 4 is 12.4 Å². The quantitative estimate of drug-likeness (QED) is 0.789. The Morgan fingerprint density at radius 2 is 1.80 bits per heavy atom. The van der Waals surface area contributed by atoms with Gasteiger partial charge in [-0.1, -0.05) is 32.0 Å². The third kappa shape index (κ3) is 3.73. The number of aromatic nitrogens is 1. The van der Waals surface area contributed by atoms with Gasteiger partial charge in [0, 0.05) is 12.4 Å². The van der Waals surface area contributed by atoms with Gasteiger partial charge in [-0.3, -0.25) is 4.98 Å². The van der Waals surface area contributed by atoms with E-state index in [-0.39, 0.29) is 12.4 Å². The first kappa shape index (κ1) is 16.5. The van der Waals surface area contributed by atoms with Crippen molar-refractivity contribution < 1.29 is 4.74 Å². The summed E-state index contributed by atoms with van der Waals surface area (Å²) in [5.74, 6) is 1.88. The summed E-state index contributed by atoms with van der Waals surface area (Å²) >= 11 is 0. The first-order chi connectivity index (χ1) is 9.26. The molecule has 2 nitrogen and oxygen atoms in total. The summed E-state index contributed by atoms with van der Waals surface area (Å²) in [6.07, 6.45) is 4.92. The minimum atomic E-state index is 0. The van der Waals surface area contributed by atoms with Gasteiger partial charge in [-0.05, 0) is 47.6 Å². The molecule has 0 spiro atoms. The van der Waals surface area contributed by atoms with Gasteiger partial charge < -0.3 is 4.74 Å². The van der Waals surface area contributed by atoms with E-state index in [2.05, 4.69) is 37.0 Å². The lowest BCUT2D eigenvalue weighted by atomic mass is 9.82. The number of halogens is 1. The van der Waals surface area contributed by atoms with E-state index in [1.165, 1.54) is 11.1 Å². The molecule has 0 amide bonds. The van der Waals surface area contributed by atoms with Gasteiger partial charge >= 0.3 is 0 Å². The van der Waals surface area contributed by atoms with Crippen molar-refractivity contribution in [2.75, 3.05) is 7.11 Å². The van der Waals surface area contributed by atoms with Crippen LogP contribution in [0.1, 0.15) is 43.2 Å². The van der Waals surface area contributed by atoms with E-state index in [9.17, 15) is 0 Å². The number of methoxy groups -OCH3 is 1. The second kappa shape index (κ2) is 7.91. The molecular weight excluding hydrogens is 270 g/mol. The van der Waals surface area contributed by atoms with Gasteiger partial charge in [0.25, 0.3) is 0 Å². The van der Waals surface area contributed by atoms with E-state index < -0.39 is 0 Å². The summed E-state index contributed by atoms with van der Waals surface area (Å²) in [5.41, 5.74) is 2.66. The van der Waals surface area contributed by atoms with E-state index in [4.69, 9.17) is 4.74 Å². The van der Waals surface area contributed by atoms with E-state index in [1.54, 1.807) is 7.11 Å². The SMILES string of the molecule is CCC(c1cccnc1)C(C)c1ccc(OC)cc1.Cl. The number of ether oxygens (including phenoxy) is 1. The molecule has 2 atom stereocenters. The third-order valence-corrected chi connectivity index (χ3v) is 3.80. The van der Waals surface area contributed by atoms with Crippen LogP contribution in [-0.2, 0) is 0 Å². The van der Waals surface area contributed by atoms with Crippen molar-refractivity contribution in [3.8, 4) is 5.75 Å². The maximum Gasteiger partial charge on any atom is 0.118 e. The van der Waals surface area contributed by atoms with Crippen molar-refractivity contribution in [3.05, 3.63) is 59.9 Å². The van der Waals surface area contributed by atoms with Gasteiger partial charge in [0.2, 0.25) is 0 Å². The lowest BCUT2D eigenvalue weighted by Crippen LogP contribution is -2.08. The molecule has 0 saturated carbocycles. The molecule has 0 radical (unpaired) electrons. The van der Waals surface area contributed by atoms with Crippen molar-refractivity contribution in [1.82, 2.24) is 4.98 Å². The first-order valence-corrected chi connectivity index (χ1v) is 6.80. The van der Waals surface area contributed by atoms with E-state index in [1.807, 2.05) is 30.6 Å². The standard InChI is InChI=1S/C17H21NO.ClH/c1-4-17(15-6-5-11-18-12-15)13(2)14-7-9-16(19-3)10-8-14;/h5-13,17H,4H2,1-3H3;1H. The molecule has 1 heterocycles. The van der Waals surface area contributed by atoms with Crippen LogP contribution in [0.15, 0.2) is 48.8 Å². The fraction of sp³-hybridized carbons (Fsp3) is 0.353. The number of hydrogen-bond acceptors (Lipinski definition) is 2. The van der Waals surface area contributed by atoms with Crippen LogP contribution < -0.4 is 4.74 Å². The van der Waals surface area contributed by atoms with Crippen molar-refractivity contribution in [1.29, 1.82) is 0 Å². The van der Waals surface area contributed by atoms with Gasteiger partial charge in [-0.25, -0.2) is 0 Å². The Morgan fingerprint density at radius 1 is 1.10 bits per heavy atom. The summed E-state index contributed by atoms with van der Waals surface area (Å²) in [6.45, 7) is 4.51. The van der Waals surface area contributed by atoms with Gasteiger partial charge in [0.1, 0.15) is 5.75 Å². The molecule has 0 fully saturated rings. The fourth-order valence-electron chi connectivity index (χ4n) is 2.61. The predicted octanol–water partition coefficient (Wildman–Crippen LogP) is 4.81. The van der Waals surface area contributed by atoms with Crippen LogP contribution in [-0.4, -0.2) is 12.1 Å². The Bertz CT molecular complexity index is 498. The highest BCUT2D eigenvalue weighted by molar-refractivity contribution is 5.85. The van der Waals surface area contributed by atoms with Crippen molar-refractivity contribution in [2.45, 2.75) is 32.1 Å². The molecule has 108 valence electrons. The van der Waals surface area contributed by atoms with Crippen LogP contribution >= 0.6 is 12.4 Å². The largest absolute Gasteiger partial charge is 0.497 e. The molecule has 2 aromatic rings. The topological polar surface area (TPSA) is 22.1 Å². The smallest absolute Gasteiger partial charge is 0.118 e. The van der Waals surface area contributed by atoms with Crippen LogP contribution in [0, 0.1) is 0 Å². The van der Waals surface area contributed by atoms with E-state index in [0.29, 0.717) is 11.8 Å². The summed E-state index contributed by atoms with van der Waals surface area (Å²) in [6, 6.07) is 12.6. The molecule has 0 saturated heterocycles. The molecule has 3 heteroatoms. The second-order valence-electron chi connectivity index (χ2n) is 4.86. The summed E-state index contributed by atoms with van der Waals surface area (Å²) in [5, 5.41) is 0. The van der Waals surface area contributed by atoms with Crippen molar-refractivity contribution in [2.24, 2.45) is 0 Å². The highest BCUT2D eigenvalue weighted by atomic mass is 35.5. The highest BCUT2D eigenvalue weighted by Gasteiger charge is 2.19. The average molecular weight is 292 g/mol. The molecule has 1 aromatic carbocycles. The van der Waals surface area contributed by atoms with Crippen molar-refractivity contribution in [3.63, 3.8) is 0 Å². The van der Waals surface area contributed by atoms with Gasteiger partial charge in [-0.15, -0.1) is 12.4 Å². The zero-order valence-corrected chi connectivity index (χ0v) is 13.1. The molecule has 2 unspecified atom stereocenters. The zero-order chi connectivity index (χ0) is 13.7. The van der Waals surface area contributed by atoms with E-state index >= 15 is 0 Å². The minimum absolute atomic E-state index is 0. The van der Waals surface area contributed by atoms with Crippen LogP contribution in [0.4, 0.5) is 0 Å². The molecule has 20 heavy (non-hydrogen) atoms. The molecule has 2 rings (SSSR count). The molecule has 0 aliphatic carbocycles. The molecule has 0 N–H and O–H groups in total. The Labute approximate surface area is 127 Å². The Kier molecular flexibility index (Phi) is 6.53. The first-order valence-electron chi connectivity index (χ1n) is 6.80. The second-order valence-corrected chi connectivity index (χ2v) is 4.86. The lowest BCUT2D eigenvalue weighted by molar-refractivity contribution is 0.414. The summed E-state index contributed by atoms with van der Waals surface area (Å²) < 4.78 is 5.21. The Hall–Kier alpha value is -1.54.